The van der Waals surface area contributed by atoms with Crippen LogP contribution in [0.2, 0.25) is 0 Å². The maximum absolute atomic E-state index is 10.7. The minimum Gasteiger partial charge on any atom is -0.425 e. The highest BCUT2D eigenvalue weighted by Gasteiger charge is 2.09. The van der Waals surface area contributed by atoms with Gasteiger partial charge in [-0.15, -0.1) is 0 Å². The summed E-state index contributed by atoms with van der Waals surface area (Å²) in [6.45, 7) is 1.23. The van der Waals surface area contributed by atoms with Crippen molar-refractivity contribution in [1.29, 1.82) is 0 Å². The Morgan fingerprint density at radius 1 is 1.46 bits per heavy atom. The zero-order valence-corrected chi connectivity index (χ0v) is 7.71. The van der Waals surface area contributed by atoms with Crippen molar-refractivity contribution in [2.24, 2.45) is 0 Å². The quantitative estimate of drug-likeness (QED) is 0.442. The number of rotatable bonds is 2. The predicted molar refractivity (Wildman–Crippen MR) is 46.8 cm³/mol. The number of para-hydroxylation sites is 1. The molecule has 0 saturated heterocycles. The monoisotopic (exact) mass is 200 g/mol. The van der Waals surface area contributed by atoms with Gasteiger partial charge in [0.1, 0.15) is 10.6 Å². The normalized spacial score (nSPS) is 12.2. The van der Waals surface area contributed by atoms with E-state index in [0.717, 1.165) is 0 Å². The van der Waals surface area contributed by atoms with Gasteiger partial charge in [0.15, 0.2) is 11.1 Å². The standard InChI is InChI=1S/C8H8O4S/c1-6(9)12-7-4-2-3-5-8(7)13(10)11/h2-5H,1H3,(H,10,11). The van der Waals surface area contributed by atoms with E-state index in [9.17, 15) is 9.00 Å². The molecule has 1 aromatic carbocycles. The Kier molecular flexibility index (Phi) is 3.16. The first-order valence-electron chi connectivity index (χ1n) is 3.49. The lowest BCUT2D eigenvalue weighted by molar-refractivity contribution is -0.132. The molecule has 0 saturated carbocycles. The SMILES string of the molecule is CC(=O)Oc1ccccc1S(=O)O. The Bertz CT molecular complexity index is 348. The van der Waals surface area contributed by atoms with E-state index in [0.29, 0.717) is 0 Å². The van der Waals surface area contributed by atoms with Gasteiger partial charge >= 0.3 is 5.97 Å². The smallest absolute Gasteiger partial charge is 0.308 e. The first-order chi connectivity index (χ1) is 6.11. The number of hydrogen-bond donors (Lipinski definition) is 1. The molecule has 1 rings (SSSR count). The molecule has 0 fully saturated rings. The molecule has 0 bridgehead atoms. The number of hydrogen-bond acceptors (Lipinski definition) is 3. The summed E-state index contributed by atoms with van der Waals surface area (Å²) in [5.41, 5.74) is 0. The van der Waals surface area contributed by atoms with E-state index in [2.05, 4.69) is 0 Å². The van der Waals surface area contributed by atoms with Crippen molar-refractivity contribution < 1.29 is 18.3 Å². The van der Waals surface area contributed by atoms with Crippen LogP contribution >= 0.6 is 0 Å². The zero-order valence-electron chi connectivity index (χ0n) is 6.89. The minimum absolute atomic E-state index is 0.0951. The summed E-state index contributed by atoms with van der Waals surface area (Å²) in [6.07, 6.45) is 0. The van der Waals surface area contributed by atoms with E-state index in [1.807, 2.05) is 0 Å². The number of carbonyl (C=O) groups excluding carboxylic acids is 1. The third kappa shape index (κ3) is 2.64. The Morgan fingerprint density at radius 2 is 2.08 bits per heavy atom. The molecule has 0 spiro atoms. The highest BCUT2D eigenvalue weighted by molar-refractivity contribution is 7.79. The van der Waals surface area contributed by atoms with Gasteiger partial charge in [0.25, 0.3) is 0 Å². The van der Waals surface area contributed by atoms with Gasteiger partial charge in [-0.25, -0.2) is 4.21 Å². The lowest BCUT2D eigenvalue weighted by atomic mass is 10.3. The molecule has 0 radical (unpaired) electrons. The summed E-state index contributed by atoms with van der Waals surface area (Å²) in [4.78, 5) is 10.7. The number of benzene rings is 1. The van der Waals surface area contributed by atoms with Crippen LogP contribution in [0.3, 0.4) is 0 Å². The van der Waals surface area contributed by atoms with Crippen LogP contribution in [0, 0.1) is 0 Å². The molecule has 1 atom stereocenters. The Balaban J connectivity index is 3.04. The van der Waals surface area contributed by atoms with Gasteiger partial charge in [0.05, 0.1) is 0 Å². The third-order valence-corrected chi connectivity index (χ3v) is 2.00. The van der Waals surface area contributed by atoms with Crippen molar-refractivity contribution in [2.45, 2.75) is 11.8 Å². The molecule has 0 aliphatic carbocycles. The summed E-state index contributed by atoms with van der Waals surface area (Å²) >= 11 is -2.13. The molecule has 4 nitrogen and oxygen atoms in total. The van der Waals surface area contributed by atoms with Crippen LogP contribution in [0.1, 0.15) is 6.92 Å². The molecular weight excluding hydrogens is 192 g/mol. The largest absolute Gasteiger partial charge is 0.425 e. The summed E-state index contributed by atoms with van der Waals surface area (Å²) in [5, 5.41) is 0. The second-order valence-corrected chi connectivity index (χ2v) is 3.23. The molecule has 1 N–H and O–H groups in total. The molecule has 5 heteroatoms. The van der Waals surface area contributed by atoms with Gasteiger partial charge < -0.3 is 9.29 Å². The number of esters is 1. The summed E-state index contributed by atoms with van der Waals surface area (Å²) in [7, 11) is 0. The lowest BCUT2D eigenvalue weighted by Crippen LogP contribution is -2.04. The molecule has 0 aliphatic rings. The van der Waals surface area contributed by atoms with Crippen molar-refractivity contribution in [3.05, 3.63) is 24.3 Å². The minimum atomic E-state index is -2.13. The molecule has 13 heavy (non-hydrogen) atoms. The lowest BCUT2D eigenvalue weighted by Gasteiger charge is -2.04. The fourth-order valence-electron chi connectivity index (χ4n) is 0.834. The fourth-order valence-corrected chi connectivity index (χ4v) is 1.31. The highest BCUT2D eigenvalue weighted by Crippen LogP contribution is 2.20. The summed E-state index contributed by atoms with van der Waals surface area (Å²) in [5.74, 6) is -0.395. The average molecular weight is 200 g/mol. The van der Waals surface area contributed by atoms with E-state index in [1.165, 1.54) is 19.1 Å². The first-order valence-corrected chi connectivity index (χ1v) is 4.60. The van der Waals surface area contributed by atoms with Gasteiger partial charge in [-0.2, -0.15) is 0 Å². The van der Waals surface area contributed by atoms with Crippen LogP contribution in [0.5, 0.6) is 5.75 Å². The Hall–Kier alpha value is -1.20. The second-order valence-electron chi connectivity index (χ2n) is 2.29. The van der Waals surface area contributed by atoms with E-state index in [1.54, 1.807) is 12.1 Å². The van der Waals surface area contributed by atoms with Crippen LogP contribution in [0.4, 0.5) is 0 Å². The zero-order chi connectivity index (χ0) is 9.84. The van der Waals surface area contributed by atoms with Crippen LogP contribution < -0.4 is 4.74 Å². The molecule has 1 aromatic rings. The number of ether oxygens (including phenoxy) is 1. The van der Waals surface area contributed by atoms with Gasteiger partial charge in [-0.3, -0.25) is 4.79 Å². The molecule has 1 unspecified atom stereocenters. The summed E-state index contributed by atoms with van der Waals surface area (Å²) < 4.78 is 24.2. The van der Waals surface area contributed by atoms with Crippen LogP contribution in [0.15, 0.2) is 29.2 Å². The van der Waals surface area contributed by atoms with Crippen molar-refractivity contribution in [3.63, 3.8) is 0 Å². The third-order valence-electron chi connectivity index (χ3n) is 1.29. The Labute approximate surface area is 77.8 Å². The van der Waals surface area contributed by atoms with E-state index in [-0.39, 0.29) is 10.6 Å². The molecule has 0 amide bonds. The average Bonchev–Trinajstić information content (AvgIpc) is 2.03. The molecule has 0 aromatic heterocycles. The van der Waals surface area contributed by atoms with Gasteiger partial charge in [0.2, 0.25) is 0 Å². The maximum Gasteiger partial charge on any atom is 0.308 e. The highest BCUT2D eigenvalue weighted by atomic mass is 32.2. The molecular formula is C8H8O4S. The van der Waals surface area contributed by atoms with E-state index in [4.69, 9.17) is 9.29 Å². The maximum atomic E-state index is 10.7. The van der Waals surface area contributed by atoms with Crippen molar-refractivity contribution in [2.75, 3.05) is 0 Å². The number of carbonyl (C=O) groups is 1. The van der Waals surface area contributed by atoms with E-state index >= 15 is 0 Å². The second kappa shape index (κ2) is 4.15. The topological polar surface area (TPSA) is 63.6 Å². The fraction of sp³-hybridized carbons (Fsp3) is 0.125. The van der Waals surface area contributed by atoms with Crippen molar-refractivity contribution in [1.82, 2.24) is 0 Å². The first kappa shape index (κ1) is 9.88. The van der Waals surface area contributed by atoms with Gasteiger partial charge in [0, 0.05) is 6.92 Å². The molecule has 70 valence electrons. The van der Waals surface area contributed by atoms with Gasteiger partial charge in [-0.05, 0) is 12.1 Å². The van der Waals surface area contributed by atoms with Crippen molar-refractivity contribution in [3.8, 4) is 5.75 Å². The molecule has 0 aliphatic heterocycles. The predicted octanol–water partition coefficient (Wildman–Crippen LogP) is 1.19. The van der Waals surface area contributed by atoms with E-state index < -0.39 is 17.0 Å². The summed E-state index contributed by atoms with van der Waals surface area (Å²) in [6, 6.07) is 6.10. The van der Waals surface area contributed by atoms with Crippen LogP contribution in [-0.2, 0) is 15.9 Å². The molecule has 0 heterocycles. The van der Waals surface area contributed by atoms with Crippen LogP contribution in [-0.4, -0.2) is 14.7 Å². The Morgan fingerprint density at radius 3 is 2.62 bits per heavy atom. The van der Waals surface area contributed by atoms with Gasteiger partial charge in [-0.1, -0.05) is 12.1 Å². The van der Waals surface area contributed by atoms with Crippen molar-refractivity contribution >= 4 is 17.0 Å². The van der Waals surface area contributed by atoms with Crippen LogP contribution in [0.25, 0.3) is 0 Å².